The van der Waals surface area contributed by atoms with Gasteiger partial charge in [0.1, 0.15) is 30.5 Å². The molecule has 8 nitrogen and oxygen atoms in total. The van der Waals surface area contributed by atoms with Gasteiger partial charge in [-0.15, -0.1) is 5.10 Å². The topological polar surface area (TPSA) is 98.1 Å². The Morgan fingerprint density at radius 3 is 2.58 bits per heavy atom. The van der Waals surface area contributed by atoms with E-state index in [1.165, 1.54) is 22.9 Å². The fraction of sp³-hybridized carbons (Fsp3) is 0.217. The molecule has 33 heavy (non-hydrogen) atoms. The Morgan fingerprint density at radius 2 is 1.88 bits per heavy atom. The summed E-state index contributed by atoms with van der Waals surface area (Å²) >= 11 is 0. The standard InChI is InChI=1S/C23H21F2N5O3/c1-2-26-22(31)16-8-10-18(11-9-16)30-20(15-33-19-7-5-6-17(25)14-19)21(28-29-30)23(32)27-13-4-3-12-24/h5-11,14H,2,12-13,15H2,1H3,(H,26,31)(H,27,32). The minimum atomic E-state index is -0.814. The zero-order valence-electron chi connectivity index (χ0n) is 17.8. The minimum absolute atomic E-state index is 0.0266. The van der Waals surface area contributed by atoms with Gasteiger partial charge >= 0.3 is 0 Å². The lowest BCUT2D eigenvalue weighted by Gasteiger charge is -2.11. The third-order valence-corrected chi connectivity index (χ3v) is 4.39. The molecule has 2 aromatic carbocycles. The average molecular weight is 453 g/mol. The van der Waals surface area contributed by atoms with Crippen molar-refractivity contribution in [2.24, 2.45) is 0 Å². The summed E-state index contributed by atoms with van der Waals surface area (Å²) in [4.78, 5) is 24.6. The molecule has 10 heteroatoms. The molecule has 0 unspecified atom stereocenters. The van der Waals surface area contributed by atoms with Crippen molar-refractivity contribution in [3.8, 4) is 23.3 Å². The molecular weight excluding hydrogens is 432 g/mol. The first-order valence-electron chi connectivity index (χ1n) is 10.0. The Balaban J connectivity index is 1.89. The van der Waals surface area contributed by atoms with E-state index in [0.29, 0.717) is 23.5 Å². The first kappa shape index (κ1) is 23.4. The van der Waals surface area contributed by atoms with E-state index in [0.717, 1.165) is 0 Å². The molecular formula is C23H21F2N5O3. The van der Waals surface area contributed by atoms with Crippen molar-refractivity contribution < 1.29 is 23.1 Å². The smallest absolute Gasteiger partial charge is 0.274 e. The Labute approximate surface area is 188 Å². The second-order valence-corrected chi connectivity index (χ2v) is 6.62. The van der Waals surface area contributed by atoms with Crippen molar-refractivity contribution in [3.63, 3.8) is 0 Å². The number of hydrogen-bond acceptors (Lipinski definition) is 5. The van der Waals surface area contributed by atoms with E-state index in [4.69, 9.17) is 4.74 Å². The number of hydrogen-bond donors (Lipinski definition) is 2. The lowest BCUT2D eigenvalue weighted by Crippen LogP contribution is -2.25. The Morgan fingerprint density at radius 1 is 1.09 bits per heavy atom. The highest BCUT2D eigenvalue weighted by Crippen LogP contribution is 2.18. The van der Waals surface area contributed by atoms with Gasteiger partial charge in [-0.25, -0.2) is 13.5 Å². The SMILES string of the molecule is CCNC(=O)c1ccc(-n2nnc(C(=O)NCC#CCF)c2COc2cccc(F)c2)cc1. The highest BCUT2D eigenvalue weighted by atomic mass is 19.1. The van der Waals surface area contributed by atoms with Crippen LogP contribution in [0.25, 0.3) is 5.69 Å². The molecule has 0 fully saturated rings. The van der Waals surface area contributed by atoms with Crippen LogP contribution < -0.4 is 15.4 Å². The quantitative estimate of drug-likeness (QED) is 0.511. The van der Waals surface area contributed by atoms with Crippen LogP contribution in [0.5, 0.6) is 5.75 Å². The molecule has 1 heterocycles. The van der Waals surface area contributed by atoms with Crippen LogP contribution >= 0.6 is 0 Å². The Bertz CT molecular complexity index is 1180. The van der Waals surface area contributed by atoms with E-state index in [1.54, 1.807) is 30.3 Å². The predicted octanol–water partition coefficient (Wildman–Crippen LogP) is 2.44. The molecule has 0 aliphatic rings. The minimum Gasteiger partial charge on any atom is -0.487 e. The highest BCUT2D eigenvalue weighted by molar-refractivity contribution is 5.94. The van der Waals surface area contributed by atoms with Gasteiger partial charge in [-0.1, -0.05) is 23.1 Å². The number of amides is 2. The van der Waals surface area contributed by atoms with E-state index in [-0.39, 0.29) is 30.5 Å². The van der Waals surface area contributed by atoms with Gasteiger partial charge in [0.05, 0.1) is 12.2 Å². The van der Waals surface area contributed by atoms with Gasteiger partial charge in [0.2, 0.25) is 0 Å². The normalized spacial score (nSPS) is 10.2. The number of carbonyl (C=O) groups is 2. The summed E-state index contributed by atoms with van der Waals surface area (Å²) in [5.74, 6) is 3.67. The summed E-state index contributed by atoms with van der Waals surface area (Å²) in [5, 5.41) is 13.2. The maximum Gasteiger partial charge on any atom is 0.274 e. The monoisotopic (exact) mass is 453 g/mol. The first-order chi connectivity index (χ1) is 16.0. The summed E-state index contributed by atoms with van der Waals surface area (Å²) in [6.07, 6.45) is 0. The summed E-state index contributed by atoms with van der Waals surface area (Å²) in [7, 11) is 0. The first-order valence-corrected chi connectivity index (χ1v) is 10.0. The number of carbonyl (C=O) groups excluding carboxylic acids is 2. The lowest BCUT2D eigenvalue weighted by atomic mass is 10.2. The number of nitrogens with one attached hydrogen (secondary N) is 2. The molecule has 1 aromatic heterocycles. The molecule has 0 atom stereocenters. The second-order valence-electron chi connectivity index (χ2n) is 6.62. The van der Waals surface area contributed by atoms with Crippen molar-refractivity contribution in [1.29, 1.82) is 0 Å². The van der Waals surface area contributed by atoms with E-state index >= 15 is 0 Å². The molecule has 0 spiro atoms. The number of nitrogens with zero attached hydrogens (tertiary/aromatic N) is 3. The van der Waals surface area contributed by atoms with Crippen LogP contribution in [-0.2, 0) is 6.61 Å². The fourth-order valence-electron chi connectivity index (χ4n) is 2.86. The zero-order chi connectivity index (χ0) is 23.6. The van der Waals surface area contributed by atoms with Crippen LogP contribution in [0.2, 0.25) is 0 Å². The molecule has 0 bridgehead atoms. The van der Waals surface area contributed by atoms with Crippen molar-refractivity contribution in [1.82, 2.24) is 25.6 Å². The number of halogens is 2. The van der Waals surface area contributed by atoms with E-state index in [9.17, 15) is 18.4 Å². The molecule has 2 amide bonds. The summed E-state index contributed by atoms with van der Waals surface area (Å²) in [6, 6.07) is 12.1. The number of benzene rings is 2. The molecule has 0 aliphatic carbocycles. The van der Waals surface area contributed by atoms with Crippen LogP contribution in [0, 0.1) is 17.7 Å². The number of ether oxygens (including phenoxy) is 1. The largest absolute Gasteiger partial charge is 0.487 e. The van der Waals surface area contributed by atoms with Crippen LogP contribution in [0.1, 0.15) is 33.5 Å². The Kier molecular flexibility index (Phi) is 8.07. The van der Waals surface area contributed by atoms with Gasteiger partial charge in [0.15, 0.2) is 5.69 Å². The molecule has 0 radical (unpaired) electrons. The lowest BCUT2D eigenvalue weighted by molar-refractivity contribution is 0.0945. The van der Waals surface area contributed by atoms with Crippen molar-refractivity contribution in [2.75, 3.05) is 19.8 Å². The summed E-state index contributed by atoms with van der Waals surface area (Å²) in [6.45, 7) is 1.29. The van der Waals surface area contributed by atoms with E-state index < -0.39 is 18.4 Å². The third kappa shape index (κ3) is 6.13. The van der Waals surface area contributed by atoms with Crippen LogP contribution in [-0.4, -0.2) is 46.6 Å². The van der Waals surface area contributed by atoms with Crippen molar-refractivity contribution in [2.45, 2.75) is 13.5 Å². The molecule has 2 N–H and O–H groups in total. The predicted molar refractivity (Wildman–Crippen MR) is 116 cm³/mol. The Hall–Kier alpha value is -4.26. The van der Waals surface area contributed by atoms with Gasteiger partial charge in [0.25, 0.3) is 11.8 Å². The summed E-state index contributed by atoms with van der Waals surface area (Å²) < 4.78 is 32.7. The van der Waals surface area contributed by atoms with Crippen molar-refractivity contribution >= 4 is 11.8 Å². The average Bonchev–Trinajstić information content (AvgIpc) is 3.25. The highest BCUT2D eigenvalue weighted by Gasteiger charge is 2.21. The maximum absolute atomic E-state index is 13.5. The number of rotatable bonds is 8. The molecule has 3 aromatic rings. The third-order valence-electron chi connectivity index (χ3n) is 4.39. The van der Waals surface area contributed by atoms with E-state index in [2.05, 4.69) is 32.8 Å². The van der Waals surface area contributed by atoms with Crippen LogP contribution in [0.4, 0.5) is 8.78 Å². The number of aromatic nitrogens is 3. The van der Waals surface area contributed by atoms with Gasteiger partial charge in [-0.05, 0) is 43.3 Å². The molecule has 0 aliphatic heterocycles. The van der Waals surface area contributed by atoms with Crippen LogP contribution in [0.3, 0.4) is 0 Å². The number of alkyl halides is 1. The van der Waals surface area contributed by atoms with Gasteiger partial charge in [-0.3, -0.25) is 9.59 Å². The molecule has 0 saturated carbocycles. The van der Waals surface area contributed by atoms with Gasteiger partial charge in [0, 0.05) is 18.2 Å². The van der Waals surface area contributed by atoms with Gasteiger partial charge < -0.3 is 15.4 Å². The zero-order valence-corrected chi connectivity index (χ0v) is 17.8. The maximum atomic E-state index is 13.5. The van der Waals surface area contributed by atoms with Gasteiger partial charge in [-0.2, -0.15) is 0 Å². The fourth-order valence-corrected chi connectivity index (χ4v) is 2.86. The van der Waals surface area contributed by atoms with Crippen molar-refractivity contribution in [3.05, 3.63) is 71.3 Å². The molecule has 0 saturated heterocycles. The molecule has 170 valence electrons. The molecule has 3 rings (SSSR count). The van der Waals surface area contributed by atoms with Crippen LogP contribution in [0.15, 0.2) is 48.5 Å². The second kappa shape index (κ2) is 11.4. The summed E-state index contributed by atoms with van der Waals surface area (Å²) in [5.41, 5.74) is 1.26. The van der Waals surface area contributed by atoms with E-state index in [1.807, 2.05) is 6.92 Å².